The van der Waals surface area contributed by atoms with Crippen LogP contribution in [0.2, 0.25) is 0 Å². The molecule has 7 heteroatoms. The molecule has 5 nitrogen and oxygen atoms in total. The van der Waals surface area contributed by atoms with E-state index >= 15 is 0 Å². The second kappa shape index (κ2) is 9.42. The number of nitrogens with zero attached hydrogens (tertiary/aromatic N) is 2. The predicted octanol–water partition coefficient (Wildman–Crippen LogP) is 1.40. The molecule has 0 aromatic carbocycles. The number of rotatable bonds is 5. The van der Waals surface area contributed by atoms with Gasteiger partial charge in [-0.05, 0) is 44.7 Å². The van der Waals surface area contributed by atoms with Gasteiger partial charge >= 0.3 is 0 Å². The quantitative estimate of drug-likeness (QED) is 0.746. The summed E-state index contributed by atoms with van der Waals surface area (Å²) in [5.41, 5.74) is 0.369. The summed E-state index contributed by atoms with van der Waals surface area (Å²) in [6, 6.07) is 0. The standard InChI is InChI=1S/C16H29N3O2.2ClH/c1-2-21-12-11-18-7-9-19(10-8-18)15(20)14-13-16(14)3-5-17-6-4-16;;/h14,17H,2-13H2,1H3;2*1H. The van der Waals surface area contributed by atoms with E-state index in [-0.39, 0.29) is 24.8 Å². The van der Waals surface area contributed by atoms with Crippen molar-refractivity contribution in [3.05, 3.63) is 0 Å². The van der Waals surface area contributed by atoms with Crippen LogP contribution in [0.15, 0.2) is 0 Å². The van der Waals surface area contributed by atoms with Crippen LogP contribution in [0.25, 0.3) is 0 Å². The second-order valence-electron chi connectivity index (χ2n) is 6.73. The van der Waals surface area contributed by atoms with Gasteiger partial charge < -0.3 is 15.0 Å². The van der Waals surface area contributed by atoms with Crippen molar-refractivity contribution in [2.24, 2.45) is 11.3 Å². The van der Waals surface area contributed by atoms with Crippen LogP contribution in [0.5, 0.6) is 0 Å². The van der Waals surface area contributed by atoms with Crippen molar-refractivity contribution in [3.8, 4) is 0 Å². The van der Waals surface area contributed by atoms with E-state index in [9.17, 15) is 4.79 Å². The summed E-state index contributed by atoms with van der Waals surface area (Å²) in [6.45, 7) is 10.6. The van der Waals surface area contributed by atoms with Crippen molar-refractivity contribution < 1.29 is 9.53 Å². The number of ether oxygens (including phenoxy) is 1. The summed E-state index contributed by atoms with van der Waals surface area (Å²) in [7, 11) is 0. The van der Waals surface area contributed by atoms with Crippen LogP contribution in [0.1, 0.15) is 26.2 Å². The summed E-state index contributed by atoms with van der Waals surface area (Å²) in [6.07, 6.45) is 3.52. The molecule has 2 aliphatic heterocycles. The average molecular weight is 368 g/mol. The molecule has 1 N–H and O–H groups in total. The average Bonchev–Trinajstić information content (AvgIpc) is 3.21. The molecule has 1 unspecified atom stereocenters. The molecule has 0 aromatic rings. The van der Waals surface area contributed by atoms with Gasteiger partial charge in [0.2, 0.25) is 5.91 Å². The van der Waals surface area contributed by atoms with Crippen molar-refractivity contribution in [1.82, 2.24) is 15.1 Å². The molecule has 0 radical (unpaired) electrons. The van der Waals surface area contributed by atoms with Crippen LogP contribution in [0, 0.1) is 11.3 Å². The molecule has 23 heavy (non-hydrogen) atoms. The third-order valence-electron chi connectivity index (χ3n) is 5.53. The number of carbonyl (C=O) groups is 1. The Morgan fingerprint density at radius 2 is 1.83 bits per heavy atom. The number of hydrogen-bond acceptors (Lipinski definition) is 4. The Balaban J connectivity index is 0.00000132. The van der Waals surface area contributed by atoms with Gasteiger partial charge in [-0.1, -0.05) is 0 Å². The zero-order chi connectivity index (χ0) is 14.7. The normalized spacial score (nSPS) is 26.3. The van der Waals surface area contributed by atoms with Crippen molar-refractivity contribution in [2.45, 2.75) is 26.2 Å². The van der Waals surface area contributed by atoms with Gasteiger partial charge in [0.05, 0.1) is 6.61 Å². The van der Waals surface area contributed by atoms with Crippen LogP contribution < -0.4 is 5.32 Å². The monoisotopic (exact) mass is 367 g/mol. The maximum atomic E-state index is 12.7. The minimum Gasteiger partial charge on any atom is -0.380 e. The molecule has 3 aliphatic rings. The Morgan fingerprint density at radius 1 is 1.17 bits per heavy atom. The highest BCUT2D eigenvalue weighted by Crippen LogP contribution is 2.59. The Hall–Kier alpha value is -0.0700. The van der Waals surface area contributed by atoms with E-state index in [0.29, 0.717) is 17.2 Å². The smallest absolute Gasteiger partial charge is 0.226 e. The Morgan fingerprint density at radius 3 is 2.43 bits per heavy atom. The van der Waals surface area contributed by atoms with Gasteiger partial charge in [-0.2, -0.15) is 0 Å². The fourth-order valence-corrected chi connectivity index (χ4v) is 3.92. The van der Waals surface area contributed by atoms with E-state index in [1.807, 2.05) is 6.92 Å². The lowest BCUT2D eigenvalue weighted by molar-refractivity contribution is -0.135. The number of piperazine rings is 1. The summed E-state index contributed by atoms with van der Waals surface area (Å²) in [5.74, 6) is 0.760. The highest BCUT2D eigenvalue weighted by molar-refractivity contribution is 5.85. The highest BCUT2D eigenvalue weighted by Gasteiger charge is 2.58. The van der Waals surface area contributed by atoms with E-state index in [1.165, 1.54) is 12.8 Å². The van der Waals surface area contributed by atoms with E-state index in [2.05, 4.69) is 15.1 Å². The number of hydrogen-bond donors (Lipinski definition) is 1. The zero-order valence-corrected chi connectivity index (χ0v) is 15.7. The van der Waals surface area contributed by atoms with Crippen LogP contribution in [0.3, 0.4) is 0 Å². The summed E-state index contributed by atoms with van der Waals surface area (Å²) < 4.78 is 5.41. The van der Waals surface area contributed by atoms with Crippen LogP contribution in [0.4, 0.5) is 0 Å². The fraction of sp³-hybridized carbons (Fsp3) is 0.938. The van der Waals surface area contributed by atoms with E-state index in [0.717, 1.165) is 65.4 Å². The molecule has 136 valence electrons. The van der Waals surface area contributed by atoms with Crippen molar-refractivity contribution >= 4 is 30.7 Å². The highest BCUT2D eigenvalue weighted by atomic mass is 35.5. The van der Waals surface area contributed by atoms with Gasteiger partial charge in [0.25, 0.3) is 0 Å². The minimum atomic E-state index is 0. The largest absolute Gasteiger partial charge is 0.380 e. The van der Waals surface area contributed by atoms with Crippen LogP contribution in [-0.2, 0) is 9.53 Å². The van der Waals surface area contributed by atoms with Gasteiger partial charge in [0.1, 0.15) is 0 Å². The summed E-state index contributed by atoms with van der Waals surface area (Å²) >= 11 is 0. The number of halogens is 2. The first-order valence-electron chi connectivity index (χ1n) is 8.55. The van der Waals surface area contributed by atoms with Crippen molar-refractivity contribution in [1.29, 1.82) is 0 Å². The molecular weight excluding hydrogens is 337 g/mol. The van der Waals surface area contributed by atoms with E-state index in [1.54, 1.807) is 0 Å². The topological polar surface area (TPSA) is 44.8 Å². The van der Waals surface area contributed by atoms with E-state index in [4.69, 9.17) is 4.74 Å². The van der Waals surface area contributed by atoms with Crippen LogP contribution in [-0.4, -0.2) is 74.7 Å². The molecule has 3 rings (SSSR count). The number of piperidine rings is 1. The minimum absolute atomic E-state index is 0. The predicted molar refractivity (Wildman–Crippen MR) is 96.7 cm³/mol. The van der Waals surface area contributed by atoms with Crippen molar-refractivity contribution in [3.63, 3.8) is 0 Å². The van der Waals surface area contributed by atoms with Crippen LogP contribution >= 0.6 is 24.8 Å². The first-order valence-corrected chi connectivity index (χ1v) is 8.55. The Labute approximate surface area is 152 Å². The number of amides is 1. The molecule has 1 saturated carbocycles. The maximum Gasteiger partial charge on any atom is 0.226 e. The molecule has 0 aromatic heterocycles. The van der Waals surface area contributed by atoms with E-state index < -0.39 is 0 Å². The van der Waals surface area contributed by atoms with Gasteiger partial charge in [0.15, 0.2) is 0 Å². The van der Waals surface area contributed by atoms with Gasteiger partial charge in [-0.3, -0.25) is 9.69 Å². The molecule has 2 saturated heterocycles. The first-order chi connectivity index (χ1) is 10.2. The molecule has 2 heterocycles. The molecule has 1 amide bonds. The Kier molecular flexibility index (Phi) is 8.59. The van der Waals surface area contributed by atoms with Gasteiger partial charge in [0, 0.05) is 45.2 Å². The summed E-state index contributed by atoms with van der Waals surface area (Å²) in [4.78, 5) is 17.2. The van der Waals surface area contributed by atoms with Gasteiger partial charge in [-0.25, -0.2) is 0 Å². The lowest BCUT2D eigenvalue weighted by atomic mass is 9.91. The Bertz CT molecular complexity index is 370. The number of carbonyl (C=O) groups excluding carboxylic acids is 1. The SMILES string of the molecule is CCOCCN1CCN(C(=O)C2CC23CCNCC3)CC1.Cl.Cl. The third-order valence-corrected chi connectivity index (χ3v) is 5.53. The fourth-order valence-electron chi connectivity index (χ4n) is 3.92. The lowest BCUT2D eigenvalue weighted by Gasteiger charge is -2.35. The van der Waals surface area contributed by atoms with Crippen molar-refractivity contribution in [2.75, 3.05) is 59.0 Å². The number of nitrogens with one attached hydrogen (secondary N) is 1. The molecule has 0 bridgehead atoms. The molecule has 3 fully saturated rings. The second-order valence-corrected chi connectivity index (χ2v) is 6.73. The summed E-state index contributed by atoms with van der Waals surface area (Å²) in [5, 5.41) is 3.41. The zero-order valence-electron chi connectivity index (χ0n) is 14.1. The molecule has 1 spiro atoms. The molecule has 1 aliphatic carbocycles. The third kappa shape index (κ3) is 4.95. The first kappa shape index (κ1) is 21.0. The van der Waals surface area contributed by atoms with Gasteiger partial charge in [-0.15, -0.1) is 24.8 Å². The molecular formula is C16H31Cl2N3O2. The maximum absolute atomic E-state index is 12.7. The molecule has 1 atom stereocenters. The lowest BCUT2D eigenvalue weighted by Crippen LogP contribution is -2.50.